The van der Waals surface area contributed by atoms with E-state index in [4.69, 9.17) is 0 Å². The molecule has 0 aliphatic heterocycles. The number of nitrogens with zero attached hydrogens (tertiary/aromatic N) is 1. The molecule has 92 valence electrons. The van der Waals surface area contributed by atoms with E-state index in [0.29, 0.717) is 6.07 Å². The lowest BCUT2D eigenvalue weighted by Crippen LogP contribution is -2.08. The molecule has 1 aromatic rings. The SMILES string of the molecule is COc1cc(F)c([N+](=O)[O-])c(CC(C)=O)c1F. The number of nitro benzene ring substituents is 1. The highest BCUT2D eigenvalue weighted by Crippen LogP contribution is 2.32. The normalized spacial score (nSPS) is 10.1. The van der Waals surface area contributed by atoms with Gasteiger partial charge in [0.2, 0.25) is 5.82 Å². The predicted octanol–water partition coefficient (Wildman–Crippen LogP) is 2.01. The van der Waals surface area contributed by atoms with E-state index in [2.05, 4.69) is 4.74 Å². The van der Waals surface area contributed by atoms with Crippen molar-refractivity contribution in [1.82, 2.24) is 0 Å². The maximum absolute atomic E-state index is 13.7. The number of ether oxygens (including phenoxy) is 1. The van der Waals surface area contributed by atoms with Crippen LogP contribution in [0.1, 0.15) is 12.5 Å². The molecule has 0 fully saturated rings. The minimum Gasteiger partial charge on any atom is -0.494 e. The van der Waals surface area contributed by atoms with Crippen LogP contribution in [0.25, 0.3) is 0 Å². The smallest absolute Gasteiger partial charge is 0.311 e. The Morgan fingerprint density at radius 2 is 2.12 bits per heavy atom. The van der Waals surface area contributed by atoms with Gasteiger partial charge in [-0.25, -0.2) is 4.39 Å². The summed E-state index contributed by atoms with van der Waals surface area (Å²) in [6.07, 6.45) is -0.559. The Kier molecular flexibility index (Phi) is 3.72. The van der Waals surface area contributed by atoms with Crippen molar-refractivity contribution in [2.45, 2.75) is 13.3 Å². The fraction of sp³-hybridized carbons (Fsp3) is 0.300. The lowest BCUT2D eigenvalue weighted by atomic mass is 10.1. The molecule has 0 heterocycles. The van der Waals surface area contributed by atoms with E-state index in [1.807, 2.05) is 0 Å². The molecule has 0 spiro atoms. The Hall–Kier alpha value is -2.05. The van der Waals surface area contributed by atoms with Gasteiger partial charge in [0.15, 0.2) is 11.6 Å². The van der Waals surface area contributed by atoms with Crippen molar-refractivity contribution in [2.75, 3.05) is 7.11 Å². The van der Waals surface area contributed by atoms with Crippen LogP contribution in [0.5, 0.6) is 5.75 Å². The average molecular weight is 245 g/mol. The molecule has 7 heteroatoms. The number of halogens is 2. The minimum atomic E-state index is -1.23. The molecular formula is C10H9F2NO4. The third-order valence-electron chi connectivity index (χ3n) is 2.08. The largest absolute Gasteiger partial charge is 0.494 e. The minimum absolute atomic E-state index is 0.468. The van der Waals surface area contributed by atoms with E-state index in [0.717, 1.165) is 14.0 Å². The molecule has 0 radical (unpaired) electrons. The Morgan fingerprint density at radius 3 is 2.53 bits per heavy atom. The second-order valence-electron chi connectivity index (χ2n) is 3.34. The molecule has 1 rings (SSSR count). The molecule has 0 N–H and O–H groups in total. The van der Waals surface area contributed by atoms with E-state index in [1.54, 1.807) is 0 Å². The van der Waals surface area contributed by atoms with Gasteiger partial charge in [0.1, 0.15) is 5.78 Å². The summed E-state index contributed by atoms with van der Waals surface area (Å²) in [5, 5.41) is 10.6. The van der Waals surface area contributed by atoms with Crippen molar-refractivity contribution in [3.63, 3.8) is 0 Å². The first-order valence-electron chi connectivity index (χ1n) is 4.57. The zero-order valence-electron chi connectivity index (χ0n) is 9.12. The predicted molar refractivity (Wildman–Crippen MR) is 53.9 cm³/mol. The highest BCUT2D eigenvalue weighted by atomic mass is 19.1. The highest BCUT2D eigenvalue weighted by Gasteiger charge is 2.28. The number of Topliss-reactive ketones (excluding diaryl/α,β-unsaturated/α-hetero) is 1. The van der Waals surface area contributed by atoms with Crippen LogP contribution in [-0.2, 0) is 11.2 Å². The van der Waals surface area contributed by atoms with Crippen LogP contribution in [0, 0.1) is 21.7 Å². The zero-order chi connectivity index (χ0) is 13.2. The number of nitro groups is 1. The third-order valence-corrected chi connectivity index (χ3v) is 2.08. The molecule has 0 bridgehead atoms. The van der Waals surface area contributed by atoms with Crippen molar-refractivity contribution in [3.8, 4) is 5.75 Å². The maximum Gasteiger partial charge on any atom is 0.311 e. The van der Waals surface area contributed by atoms with Crippen LogP contribution in [0.15, 0.2) is 6.07 Å². The standard InChI is InChI=1S/C10H9F2NO4/c1-5(14)3-6-9(12)8(17-2)4-7(11)10(6)13(15)16/h4H,3H2,1-2H3. The van der Waals surface area contributed by atoms with E-state index >= 15 is 0 Å². The number of carbonyl (C=O) groups is 1. The fourth-order valence-electron chi connectivity index (χ4n) is 1.40. The van der Waals surface area contributed by atoms with Crippen molar-refractivity contribution in [3.05, 3.63) is 33.4 Å². The van der Waals surface area contributed by atoms with Gasteiger partial charge in [-0.1, -0.05) is 0 Å². The second-order valence-corrected chi connectivity index (χ2v) is 3.34. The highest BCUT2D eigenvalue weighted by molar-refractivity contribution is 5.79. The van der Waals surface area contributed by atoms with Crippen LogP contribution in [0.4, 0.5) is 14.5 Å². The summed E-state index contributed by atoms with van der Waals surface area (Å²) in [4.78, 5) is 20.5. The van der Waals surface area contributed by atoms with Gasteiger partial charge in [0.05, 0.1) is 17.6 Å². The van der Waals surface area contributed by atoms with E-state index in [-0.39, 0.29) is 0 Å². The molecule has 0 unspecified atom stereocenters. The molecule has 17 heavy (non-hydrogen) atoms. The molecule has 0 aliphatic carbocycles. The maximum atomic E-state index is 13.7. The molecule has 0 aromatic heterocycles. The van der Waals surface area contributed by atoms with Crippen LogP contribution >= 0.6 is 0 Å². The number of rotatable bonds is 4. The van der Waals surface area contributed by atoms with Crippen LogP contribution in [0.2, 0.25) is 0 Å². The summed E-state index contributed by atoms with van der Waals surface area (Å²) < 4.78 is 31.6. The fourth-order valence-corrected chi connectivity index (χ4v) is 1.40. The van der Waals surface area contributed by atoms with Gasteiger partial charge in [-0.2, -0.15) is 4.39 Å². The van der Waals surface area contributed by atoms with Gasteiger partial charge >= 0.3 is 5.69 Å². The Labute approximate surface area is 95.2 Å². The molecule has 1 aromatic carbocycles. The molecule has 0 amide bonds. The summed E-state index contributed by atoms with van der Waals surface area (Å²) in [5.41, 5.74) is -1.63. The van der Waals surface area contributed by atoms with Gasteiger partial charge in [0.25, 0.3) is 0 Å². The number of hydrogen-bond acceptors (Lipinski definition) is 4. The van der Waals surface area contributed by atoms with Crippen LogP contribution in [-0.4, -0.2) is 17.8 Å². The summed E-state index contributed by atoms with van der Waals surface area (Å²) in [5.74, 6) is -3.30. The molecule has 5 nitrogen and oxygen atoms in total. The lowest BCUT2D eigenvalue weighted by Gasteiger charge is -2.08. The molecule has 0 saturated heterocycles. The number of carbonyl (C=O) groups excluding carboxylic acids is 1. The number of benzene rings is 1. The molecule has 0 aliphatic rings. The first-order valence-corrected chi connectivity index (χ1v) is 4.57. The zero-order valence-corrected chi connectivity index (χ0v) is 9.12. The monoisotopic (exact) mass is 245 g/mol. The summed E-state index contributed by atoms with van der Waals surface area (Å²) >= 11 is 0. The average Bonchev–Trinajstić information content (AvgIpc) is 2.21. The van der Waals surface area contributed by atoms with Crippen molar-refractivity contribution in [2.24, 2.45) is 0 Å². The van der Waals surface area contributed by atoms with Crippen LogP contribution < -0.4 is 4.74 Å². The number of hydrogen-bond donors (Lipinski definition) is 0. The summed E-state index contributed by atoms with van der Waals surface area (Å²) in [7, 11) is 1.10. The van der Waals surface area contributed by atoms with Gasteiger partial charge in [-0.3, -0.25) is 14.9 Å². The van der Waals surface area contributed by atoms with Gasteiger partial charge in [-0.05, 0) is 6.92 Å². The Morgan fingerprint density at radius 1 is 1.53 bits per heavy atom. The van der Waals surface area contributed by atoms with Crippen molar-refractivity contribution in [1.29, 1.82) is 0 Å². The summed E-state index contributed by atoms with van der Waals surface area (Å²) in [6.45, 7) is 1.13. The lowest BCUT2D eigenvalue weighted by molar-refractivity contribution is -0.388. The van der Waals surface area contributed by atoms with Gasteiger partial charge < -0.3 is 4.74 Å². The van der Waals surface area contributed by atoms with Gasteiger partial charge in [0, 0.05) is 12.5 Å². The number of ketones is 1. The number of methoxy groups -OCH3 is 1. The second kappa shape index (κ2) is 4.86. The topological polar surface area (TPSA) is 69.4 Å². The van der Waals surface area contributed by atoms with E-state index in [9.17, 15) is 23.7 Å². The summed E-state index contributed by atoms with van der Waals surface area (Å²) in [6, 6.07) is 0.580. The third kappa shape index (κ3) is 2.55. The van der Waals surface area contributed by atoms with Crippen LogP contribution in [0.3, 0.4) is 0 Å². The molecule has 0 atom stereocenters. The van der Waals surface area contributed by atoms with Gasteiger partial charge in [-0.15, -0.1) is 0 Å². The quantitative estimate of drug-likeness (QED) is 0.601. The van der Waals surface area contributed by atoms with Crippen molar-refractivity contribution >= 4 is 11.5 Å². The first kappa shape index (κ1) is 13.0. The molecular weight excluding hydrogens is 236 g/mol. The Balaban J connectivity index is 3.53. The Bertz CT molecular complexity index is 488. The van der Waals surface area contributed by atoms with E-state index < -0.39 is 45.8 Å². The van der Waals surface area contributed by atoms with Crippen molar-refractivity contribution < 1.29 is 23.2 Å². The van der Waals surface area contributed by atoms with E-state index in [1.165, 1.54) is 0 Å². The molecule has 0 saturated carbocycles. The first-order chi connectivity index (χ1) is 7.88.